The van der Waals surface area contributed by atoms with Crippen LogP contribution >= 0.6 is 0 Å². The maximum atomic E-state index is 9.20. The Balaban J connectivity index is 1.71. The highest BCUT2D eigenvalue weighted by Gasteiger charge is 2.24. The SMILES string of the molecule is OCCC1CCCCN1CCCN1CCCCC1CCO. The third kappa shape index (κ3) is 5.51. The molecule has 2 aliphatic rings. The summed E-state index contributed by atoms with van der Waals surface area (Å²) >= 11 is 0. The molecule has 2 fully saturated rings. The van der Waals surface area contributed by atoms with Gasteiger partial charge in [0.05, 0.1) is 0 Å². The highest BCUT2D eigenvalue weighted by Crippen LogP contribution is 2.22. The molecule has 0 radical (unpaired) electrons. The number of nitrogens with zero attached hydrogens (tertiary/aromatic N) is 2. The van der Waals surface area contributed by atoms with E-state index in [9.17, 15) is 10.2 Å². The van der Waals surface area contributed by atoms with Gasteiger partial charge in [-0.3, -0.25) is 0 Å². The van der Waals surface area contributed by atoms with Crippen LogP contribution in [0, 0.1) is 0 Å². The first-order chi connectivity index (χ1) is 10.3. The summed E-state index contributed by atoms with van der Waals surface area (Å²) < 4.78 is 0. The van der Waals surface area contributed by atoms with Gasteiger partial charge in [0.1, 0.15) is 0 Å². The van der Waals surface area contributed by atoms with Crippen LogP contribution in [0.25, 0.3) is 0 Å². The fraction of sp³-hybridized carbons (Fsp3) is 1.00. The van der Waals surface area contributed by atoms with Crippen LogP contribution in [0.4, 0.5) is 0 Å². The second-order valence-corrected chi connectivity index (χ2v) is 6.75. The van der Waals surface area contributed by atoms with Gasteiger partial charge in [0.15, 0.2) is 0 Å². The maximum absolute atomic E-state index is 9.20. The molecule has 2 atom stereocenters. The van der Waals surface area contributed by atoms with Crippen LogP contribution in [0.1, 0.15) is 57.8 Å². The van der Waals surface area contributed by atoms with Crippen molar-refractivity contribution in [2.24, 2.45) is 0 Å². The molecule has 2 N–H and O–H groups in total. The third-order valence-corrected chi connectivity index (χ3v) is 5.31. The Morgan fingerprint density at radius 1 is 0.714 bits per heavy atom. The molecule has 0 amide bonds. The van der Waals surface area contributed by atoms with Crippen molar-refractivity contribution in [2.45, 2.75) is 69.9 Å². The number of aliphatic hydroxyl groups is 2. The van der Waals surface area contributed by atoms with Crippen LogP contribution < -0.4 is 0 Å². The minimum Gasteiger partial charge on any atom is -0.396 e. The number of hydrogen-bond acceptors (Lipinski definition) is 4. The summed E-state index contributed by atoms with van der Waals surface area (Å²) in [4.78, 5) is 5.20. The van der Waals surface area contributed by atoms with E-state index in [-0.39, 0.29) is 0 Å². The quantitative estimate of drug-likeness (QED) is 0.718. The van der Waals surface area contributed by atoms with Crippen LogP contribution in [0.2, 0.25) is 0 Å². The summed E-state index contributed by atoms with van der Waals surface area (Å²) in [5.74, 6) is 0. The molecule has 2 heterocycles. The van der Waals surface area contributed by atoms with Gasteiger partial charge in [-0.05, 0) is 71.1 Å². The smallest absolute Gasteiger partial charge is 0.0445 e. The van der Waals surface area contributed by atoms with E-state index in [1.165, 1.54) is 71.1 Å². The van der Waals surface area contributed by atoms with E-state index in [4.69, 9.17) is 0 Å². The van der Waals surface area contributed by atoms with E-state index >= 15 is 0 Å². The molecule has 0 spiro atoms. The van der Waals surface area contributed by atoms with Gasteiger partial charge in [-0.1, -0.05) is 12.8 Å². The van der Waals surface area contributed by atoms with Crippen LogP contribution in [-0.2, 0) is 0 Å². The molecule has 21 heavy (non-hydrogen) atoms. The summed E-state index contributed by atoms with van der Waals surface area (Å²) in [7, 11) is 0. The van der Waals surface area contributed by atoms with Crippen LogP contribution in [-0.4, -0.2) is 71.5 Å². The van der Waals surface area contributed by atoms with Crippen LogP contribution in [0.3, 0.4) is 0 Å². The lowest BCUT2D eigenvalue weighted by Gasteiger charge is -2.38. The molecule has 124 valence electrons. The summed E-state index contributed by atoms with van der Waals surface area (Å²) in [5, 5.41) is 18.4. The van der Waals surface area contributed by atoms with Gasteiger partial charge < -0.3 is 20.0 Å². The number of aliphatic hydroxyl groups excluding tert-OH is 2. The largest absolute Gasteiger partial charge is 0.396 e. The summed E-state index contributed by atoms with van der Waals surface area (Å²) in [5.41, 5.74) is 0. The molecule has 2 aliphatic heterocycles. The lowest BCUT2D eigenvalue weighted by atomic mass is 9.98. The highest BCUT2D eigenvalue weighted by molar-refractivity contribution is 4.79. The minimum absolute atomic E-state index is 0.325. The summed E-state index contributed by atoms with van der Waals surface area (Å²) in [6.45, 7) is 5.42. The predicted octanol–water partition coefficient (Wildman–Crippen LogP) is 1.85. The fourth-order valence-electron chi connectivity index (χ4n) is 4.14. The Morgan fingerprint density at radius 3 is 1.62 bits per heavy atom. The lowest BCUT2D eigenvalue weighted by Crippen LogP contribution is -2.44. The van der Waals surface area contributed by atoms with Gasteiger partial charge in [-0.25, -0.2) is 0 Å². The van der Waals surface area contributed by atoms with Crippen LogP contribution in [0.5, 0.6) is 0 Å². The Hall–Kier alpha value is -0.160. The van der Waals surface area contributed by atoms with Crippen LogP contribution in [0.15, 0.2) is 0 Å². The zero-order chi connectivity index (χ0) is 14.9. The first-order valence-electron chi connectivity index (χ1n) is 9.05. The molecule has 0 bridgehead atoms. The van der Waals surface area contributed by atoms with E-state index in [0.29, 0.717) is 25.3 Å². The van der Waals surface area contributed by atoms with Gasteiger partial charge in [-0.15, -0.1) is 0 Å². The topological polar surface area (TPSA) is 46.9 Å². The van der Waals surface area contributed by atoms with Crippen molar-refractivity contribution >= 4 is 0 Å². The van der Waals surface area contributed by atoms with Crippen molar-refractivity contribution in [1.29, 1.82) is 0 Å². The first kappa shape index (κ1) is 17.2. The Morgan fingerprint density at radius 2 is 1.19 bits per heavy atom. The first-order valence-corrected chi connectivity index (χ1v) is 9.05. The zero-order valence-corrected chi connectivity index (χ0v) is 13.6. The number of hydrogen-bond donors (Lipinski definition) is 2. The van der Waals surface area contributed by atoms with Crippen molar-refractivity contribution in [1.82, 2.24) is 9.80 Å². The molecule has 0 aromatic rings. The molecule has 4 nitrogen and oxygen atoms in total. The van der Waals surface area contributed by atoms with E-state index in [1.54, 1.807) is 0 Å². The second kappa shape index (κ2) is 9.78. The third-order valence-electron chi connectivity index (χ3n) is 5.31. The molecule has 2 saturated heterocycles. The molecule has 2 unspecified atom stereocenters. The van der Waals surface area contributed by atoms with Gasteiger partial charge in [0, 0.05) is 25.3 Å². The number of piperidine rings is 2. The second-order valence-electron chi connectivity index (χ2n) is 6.75. The molecule has 2 rings (SSSR count). The maximum Gasteiger partial charge on any atom is 0.0445 e. The zero-order valence-electron chi connectivity index (χ0n) is 13.6. The van der Waals surface area contributed by atoms with E-state index in [0.717, 1.165) is 12.8 Å². The van der Waals surface area contributed by atoms with Crippen molar-refractivity contribution in [3.63, 3.8) is 0 Å². The average Bonchev–Trinajstić information content (AvgIpc) is 2.51. The molecule has 4 heteroatoms. The normalized spacial score (nSPS) is 28.9. The summed E-state index contributed by atoms with van der Waals surface area (Å²) in [6.07, 6.45) is 10.9. The average molecular weight is 298 g/mol. The van der Waals surface area contributed by atoms with Gasteiger partial charge in [-0.2, -0.15) is 0 Å². The number of likely N-dealkylation sites (tertiary alicyclic amines) is 2. The highest BCUT2D eigenvalue weighted by atomic mass is 16.3. The molecular weight excluding hydrogens is 264 g/mol. The van der Waals surface area contributed by atoms with E-state index in [2.05, 4.69) is 9.80 Å². The standard InChI is InChI=1S/C17H34N2O2/c20-14-8-16-6-1-3-10-18(16)12-5-13-19-11-4-2-7-17(19)9-15-21/h16-17,20-21H,1-15H2. The van der Waals surface area contributed by atoms with Crippen molar-refractivity contribution in [3.05, 3.63) is 0 Å². The number of rotatable bonds is 8. The molecule has 0 aromatic carbocycles. The fourth-order valence-corrected chi connectivity index (χ4v) is 4.14. The Labute approximate surface area is 130 Å². The van der Waals surface area contributed by atoms with Gasteiger partial charge in [0.25, 0.3) is 0 Å². The van der Waals surface area contributed by atoms with Crippen molar-refractivity contribution in [3.8, 4) is 0 Å². The molecule has 0 aromatic heterocycles. The van der Waals surface area contributed by atoms with E-state index < -0.39 is 0 Å². The minimum atomic E-state index is 0.325. The van der Waals surface area contributed by atoms with Crippen molar-refractivity contribution in [2.75, 3.05) is 39.4 Å². The van der Waals surface area contributed by atoms with Gasteiger partial charge >= 0.3 is 0 Å². The lowest BCUT2D eigenvalue weighted by molar-refractivity contribution is 0.0922. The van der Waals surface area contributed by atoms with Crippen molar-refractivity contribution < 1.29 is 10.2 Å². The molecule has 0 saturated carbocycles. The Bertz CT molecular complexity index is 246. The monoisotopic (exact) mass is 298 g/mol. The molecule has 0 aliphatic carbocycles. The van der Waals surface area contributed by atoms with Gasteiger partial charge in [0.2, 0.25) is 0 Å². The van der Waals surface area contributed by atoms with E-state index in [1.807, 2.05) is 0 Å². The predicted molar refractivity (Wildman–Crippen MR) is 86.4 cm³/mol. The Kier molecular flexibility index (Phi) is 8.01. The molecular formula is C17H34N2O2. The summed E-state index contributed by atoms with van der Waals surface area (Å²) in [6, 6.07) is 1.22.